The SMILES string of the molecule is COc1cc(C)c(S(=O)(=O)N2CCCCC2COCC(=O)N2CCN(CCC#N)CC2)c(C)c1. The molecule has 0 aromatic heterocycles. The Morgan fingerprint density at radius 2 is 1.79 bits per heavy atom. The third-order valence-electron chi connectivity index (χ3n) is 6.61. The molecule has 2 fully saturated rings. The number of methoxy groups -OCH3 is 1. The van der Waals surface area contributed by atoms with Gasteiger partial charge in [0.15, 0.2) is 0 Å². The summed E-state index contributed by atoms with van der Waals surface area (Å²) in [5.41, 5.74) is 1.32. The van der Waals surface area contributed by atoms with E-state index in [4.69, 9.17) is 14.7 Å². The molecule has 188 valence electrons. The lowest BCUT2D eigenvalue weighted by Gasteiger charge is -2.36. The van der Waals surface area contributed by atoms with Crippen LogP contribution in [0, 0.1) is 25.2 Å². The first-order valence-electron chi connectivity index (χ1n) is 11.9. The first kappa shape index (κ1) is 26.4. The van der Waals surface area contributed by atoms with Gasteiger partial charge in [0.2, 0.25) is 15.9 Å². The summed E-state index contributed by atoms with van der Waals surface area (Å²) in [7, 11) is -2.14. The van der Waals surface area contributed by atoms with Crippen molar-refractivity contribution in [1.82, 2.24) is 14.1 Å². The highest BCUT2D eigenvalue weighted by Crippen LogP contribution is 2.31. The number of carbonyl (C=O) groups excluding carboxylic acids is 1. The van der Waals surface area contributed by atoms with Crippen LogP contribution in [0.2, 0.25) is 0 Å². The van der Waals surface area contributed by atoms with E-state index in [1.54, 1.807) is 42.3 Å². The molecule has 3 rings (SSSR count). The Kier molecular flexibility index (Phi) is 9.31. The van der Waals surface area contributed by atoms with E-state index in [1.165, 1.54) is 0 Å². The van der Waals surface area contributed by atoms with E-state index in [0.29, 0.717) is 54.2 Å². The van der Waals surface area contributed by atoms with Crippen molar-refractivity contribution in [3.8, 4) is 11.8 Å². The van der Waals surface area contributed by atoms with Crippen molar-refractivity contribution in [3.05, 3.63) is 23.3 Å². The Bertz CT molecular complexity index is 976. The number of aryl methyl sites for hydroxylation is 2. The van der Waals surface area contributed by atoms with E-state index < -0.39 is 10.0 Å². The van der Waals surface area contributed by atoms with Crippen molar-refractivity contribution in [3.63, 3.8) is 0 Å². The fraction of sp³-hybridized carbons (Fsp3) is 0.667. The summed E-state index contributed by atoms with van der Waals surface area (Å²) >= 11 is 0. The van der Waals surface area contributed by atoms with Gasteiger partial charge in [0.05, 0.1) is 24.7 Å². The molecule has 10 heteroatoms. The summed E-state index contributed by atoms with van der Waals surface area (Å²) < 4.78 is 39.8. The highest BCUT2D eigenvalue weighted by molar-refractivity contribution is 7.89. The van der Waals surface area contributed by atoms with Crippen molar-refractivity contribution in [2.24, 2.45) is 0 Å². The molecular weight excluding hydrogens is 456 g/mol. The summed E-state index contributed by atoms with van der Waals surface area (Å²) in [6.07, 6.45) is 2.94. The van der Waals surface area contributed by atoms with Crippen LogP contribution in [0.3, 0.4) is 0 Å². The van der Waals surface area contributed by atoms with Gasteiger partial charge in [0.25, 0.3) is 0 Å². The number of hydrogen-bond donors (Lipinski definition) is 0. The van der Waals surface area contributed by atoms with Gasteiger partial charge in [-0.15, -0.1) is 0 Å². The number of ether oxygens (including phenoxy) is 2. The smallest absolute Gasteiger partial charge is 0.248 e. The molecule has 2 aliphatic heterocycles. The lowest BCUT2D eigenvalue weighted by atomic mass is 10.1. The molecule has 2 saturated heterocycles. The molecule has 9 nitrogen and oxygen atoms in total. The van der Waals surface area contributed by atoms with Gasteiger partial charge in [-0.25, -0.2) is 8.42 Å². The average Bonchev–Trinajstić information content (AvgIpc) is 2.82. The van der Waals surface area contributed by atoms with Crippen LogP contribution in [-0.2, 0) is 19.6 Å². The molecule has 1 unspecified atom stereocenters. The van der Waals surface area contributed by atoms with Crippen molar-refractivity contribution < 1.29 is 22.7 Å². The van der Waals surface area contributed by atoms with Crippen LogP contribution in [0.1, 0.15) is 36.8 Å². The number of piperidine rings is 1. The van der Waals surface area contributed by atoms with Gasteiger partial charge < -0.3 is 14.4 Å². The molecule has 0 spiro atoms. The summed E-state index contributed by atoms with van der Waals surface area (Å²) in [4.78, 5) is 16.9. The summed E-state index contributed by atoms with van der Waals surface area (Å²) in [6, 6.07) is 5.34. The van der Waals surface area contributed by atoms with E-state index in [2.05, 4.69) is 11.0 Å². The van der Waals surface area contributed by atoms with Crippen LogP contribution in [-0.4, -0.2) is 94.1 Å². The second-order valence-electron chi connectivity index (χ2n) is 9.00. The third-order valence-corrected chi connectivity index (χ3v) is 8.87. The van der Waals surface area contributed by atoms with Crippen molar-refractivity contribution in [2.45, 2.75) is 50.5 Å². The maximum absolute atomic E-state index is 13.6. The van der Waals surface area contributed by atoms with Crippen LogP contribution in [0.25, 0.3) is 0 Å². The molecule has 1 atom stereocenters. The maximum atomic E-state index is 13.6. The number of piperazine rings is 1. The van der Waals surface area contributed by atoms with E-state index in [-0.39, 0.29) is 25.2 Å². The van der Waals surface area contributed by atoms with Gasteiger partial charge >= 0.3 is 0 Å². The lowest BCUT2D eigenvalue weighted by molar-refractivity contribution is -0.138. The second kappa shape index (κ2) is 12.0. The largest absolute Gasteiger partial charge is 0.497 e. The molecule has 1 amide bonds. The molecular formula is C24H36N4O5S. The number of amides is 1. The molecule has 1 aromatic carbocycles. The minimum Gasteiger partial charge on any atom is -0.497 e. The zero-order valence-corrected chi connectivity index (χ0v) is 21.3. The van der Waals surface area contributed by atoms with Crippen LogP contribution >= 0.6 is 0 Å². The van der Waals surface area contributed by atoms with Crippen molar-refractivity contribution in [2.75, 3.05) is 59.6 Å². The predicted molar refractivity (Wildman–Crippen MR) is 128 cm³/mol. The Balaban J connectivity index is 1.59. The topological polar surface area (TPSA) is 103 Å². The minimum atomic E-state index is -3.71. The standard InChI is InChI=1S/C24H36N4O5S/c1-19-15-22(32-3)16-20(2)24(19)34(30,31)28-10-5-4-7-21(28)17-33-18-23(29)27-13-11-26(12-14-27)9-6-8-25/h15-16,21H,4-7,9-14,17-18H2,1-3H3. The van der Waals surface area contributed by atoms with Crippen LogP contribution in [0.5, 0.6) is 5.75 Å². The fourth-order valence-electron chi connectivity index (χ4n) is 4.81. The van der Waals surface area contributed by atoms with E-state index in [1.807, 2.05) is 0 Å². The minimum absolute atomic E-state index is 0.0524. The average molecular weight is 493 g/mol. The lowest BCUT2D eigenvalue weighted by Crippen LogP contribution is -2.50. The van der Waals surface area contributed by atoms with E-state index in [0.717, 1.165) is 32.5 Å². The Morgan fingerprint density at radius 3 is 2.41 bits per heavy atom. The number of nitriles is 1. The molecule has 0 N–H and O–H groups in total. The number of nitrogens with zero attached hydrogens (tertiary/aromatic N) is 4. The van der Waals surface area contributed by atoms with Gasteiger partial charge in [-0.05, 0) is 49.9 Å². The first-order valence-corrected chi connectivity index (χ1v) is 13.3. The second-order valence-corrected chi connectivity index (χ2v) is 10.8. The summed E-state index contributed by atoms with van der Waals surface area (Å²) in [5.74, 6) is 0.559. The van der Waals surface area contributed by atoms with Crippen LogP contribution in [0.4, 0.5) is 0 Å². The Morgan fingerprint density at radius 1 is 1.12 bits per heavy atom. The summed E-state index contributed by atoms with van der Waals surface area (Å²) in [5, 5.41) is 8.72. The Labute approximate surface area is 203 Å². The molecule has 0 saturated carbocycles. The monoisotopic (exact) mass is 492 g/mol. The van der Waals surface area contributed by atoms with Gasteiger partial charge in [-0.1, -0.05) is 6.42 Å². The third kappa shape index (κ3) is 6.27. The molecule has 2 heterocycles. The number of carbonyl (C=O) groups is 1. The van der Waals surface area contributed by atoms with Gasteiger partial charge in [0, 0.05) is 51.7 Å². The number of sulfonamides is 1. The predicted octanol–water partition coefficient (Wildman–Crippen LogP) is 1.93. The molecule has 1 aromatic rings. The molecule has 34 heavy (non-hydrogen) atoms. The van der Waals surface area contributed by atoms with Gasteiger partial charge in [-0.2, -0.15) is 9.57 Å². The first-order chi connectivity index (χ1) is 16.3. The van der Waals surface area contributed by atoms with Gasteiger partial charge in [-0.3, -0.25) is 9.69 Å². The molecule has 0 radical (unpaired) electrons. The molecule has 0 bridgehead atoms. The van der Waals surface area contributed by atoms with Crippen LogP contribution in [0.15, 0.2) is 17.0 Å². The normalized spacial score (nSPS) is 20.2. The number of hydrogen-bond acceptors (Lipinski definition) is 7. The van der Waals surface area contributed by atoms with Gasteiger partial charge in [0.1, 0.15) is 12.4 Å². The van der Waals surface area contributed by atoms with Crippen LogP contribution < -0.4 is 4.74 Å². The highest BCUT2D eigenvalue weighted by Gasteiger charge is 2.35. The quantitative estimate of drug-likeness (QED) is 0.519. The zero-order chi connectivity index (χ0) is 24.7. The fourth-order valence-corrected chi connectivity index (χ4v) is 6.91. The van der Waals surface area contributed by atoms with E-state index >= 15 is 0 Å². The zero-order valence-electron chi connectivity index (χ0n) is 20.5. The molecule has 0 aliphatic carbocycles. The summed E-state index contributed by atoms with van der Waals surface area (Å²) in [6.45, 7) is 7.64. The van der Waals surface area contributed by atoms with E-state index in [9.17, 15) is 13.2 Å². The number of rotatable bonds is 9. The maximum Gasteiger partial charge on any atom is 0.248 e. The van der Waals surface area contributed by atoms with Crippen molar-refractivity contribution >= 4 is 15.9 Å². The van der Waals surface area contributed by atoms with Crippen molar-refractivity contribution in [1.29, 1.82) is 5.26 Å². The molecule has 2 aliphatic rings. The Hall–Kier alpha value is -2.19. The number of benzene rings is 1. The highest BCUT2D eigenvalue weighted by atomic mass is 32.2.